The van der Waals surface area contributed by atoms with Crippen LogP contribution in [0, 0.1) is 0 Å². The topological polar surface area (TPSA) is 23.5 Å². The maximum atomic E-state index is 11.2. The van der Waals surface area contributed by atoms with Crippen LogP contribution in [0.5, 0.6) is 0 Å². The Morgan fingerprint density at radius 2 is 1.80 bits per heavy atom. The van der Waals surface area contributed by atoms with Gasteiger partial charge in [0, 0.05) is 31.1 Å². The third kappa shape index (κ3) is 1.75. The van der Waals surface area contributed by atoms with Crippen LogP contribution in [0.4, 0.5) is 5.69 Å². The lowest BCUT2D eigenvalue weighted by atomic mass is 9.70. The van der Waals surface area contributed by atoms with E-state index in [1.807, 2.05) is 18.2 Å². The van der Waals surface area contributed by atoms with Crippen LogP contribution in [-0.2, 0) is 6.42 Å². The average molecular weight is 265 g/mol. The van der Waals surface area contributed by atoms with Gasteiger partial charge in [-0.25, -0.2) is 0 Å². The first-order valence-corrected chi connectivity index (χ1v) is 7.36. The molecule has 3 heterocycles. The Morgan fingerprint density at radius 3 is 2.65 bits per heavy atom. The molecular formula is C18H19NO. The molecule has 0 saturated carbocycles. The summed E-state index contributed by atoms with van der Waals surface area (Å²) in [4.78, 5) is 2.35. The SMILES string of the molecule is OC1(Cc2ccccc2)CN2CCC1c1ccccc12. The van der Waals surface area contributed by atoms with E-state index in [1.54, 1.807) is 0 Å². The molecule has 2 aromatic carbocycles. The van der Waals surface area contributed by atoms with Crippen LogP contribution in [0.15, 0.2) is 54.6 Å². The van der Waals surface area contributed by atoms with Crippen molar-refractivity contribution in [2.75, 3.05) is 18.0 Å². The maximum Gasteiger partial charge on any atom is 0.0931 e. The summed E-state index contributed by atoms with van der Waals surface area (Å²) in [5, 5.41) is 11.2. The highest BCUT2D eigenvalue weighted by atomic mass is 16.3. The highest BCUT2D eigenvalue weighted by Crippen LogP contribution is 2.48. The summed E-state index contributed by atoms with van der Waals surface area (Å²) in [5.74, 6) is 0.268. The number of benzene rings is 2. The number of piperidine rings is 1. The van der Waals surface area contributed by atoms with Crippen molar-refractivity contribution in [3.05, 3.63) is 65.7 Å². The molecule has 2 aromatic rings. The summed E-state index contributed by atoms with van der Waals surface area (Å²) in [7, 11) is 0. The van der Waals surface area contributed by atoms with Gasteiger partial charge in [0.25, 0.3) is 0 Å². The molecule has 2 bridgehead atoms. The van der Waals surface area contributed by atoms with Gasteiger partial charge in [0.1, 0.15) is 0 Å². The van der Waals surface area contributed by atoms with Crippen molar-refractivity contribution < 1.29 is 5.11 Å². The van der Waals surface area contributed by atoms with Crippen molar-refractivity contribution >= 4 is 5.69 Å². The minimum atomic E-state index is -0.631. The smallest absolute Gasteiger partial charge is 0.0931 e. The monoisotopic (exact) mass is 265 g/mol. The molecule has 102 valence electrons. The molecule has 1 fully saturated rings. The van der Waals surface area contributed by atoms with Crippen LogP contribution in [0.25, 0.3) is 0 Å². The summed E-state index contributed by atoms with van der Waals surface area (Å²) >= 11 is 0. The van der Waals surface area contributed by atoms with Crippen LogP contribution in [-0.4, -0.2) is 23.8 Å². The third-order valence-electron chi connectivity index (χ3n) is 4.81. The molecule has 2 atom stereocenters. The predicted molar refractivity (Wildman–Crippen MR) is 81.1 cm³/mol. The lowest BCUT2D eigenvalue weighted by Gasteiger charge is -2.52. The highest BCUT2D eigenvalue weighted by molar-refractivity contribution is 5.61. The molecule has 0 spiro atoms. The van der Waals surface area contributed by atoms with Crippen LogP contribution < -0.4 is 4.90 Å². The van der Waals surface area contributed by atoms with Crippen molar-refractivity contribution in [1.82, 2.24) is 0 Å². The summed E-state index contributed by atoms with van der Waals surface area (Å²) in [6.07, 6.45) is 1.80. The van der Waals surface area contributed by atoms with Gasteiger partial charge in [0.05, 0.1) is 5.60 Å². The third-order valence-corrected chi connectivity index (χ3v) is 4.81. The van der Waals surface area contributed by atoms with Crippen LogP contribution >= 0.6 is 0 Å². The Hall–Kier alpha value is -1.80. The van der Waals surface area contributed by atoms with E-state index in [1.165, 1.54) is 16.8 Å². The zero-order valence-electron chi connectivity index (χ0n) is 11.5. The lowest BCUT2D eigenvalue weighted by Crippen LogP contribution is -2.58. The minimum absolute atomic E-state index is 0.268. The molecule has 1 saturated heterocycles. The standard InChI is InChI=1S/C18H19NO/c20-18(12-14-6-2-1-3-7-14)13-19-11-10-16(18)15-8-4-5-9-17(15)19/h1-9,16,20H,10-13H2. The molecular weight excluding hydrogens is 246 g/mol. The first-order chi connectivity index (χ1) is 9.76. The van der Waals surface area contributed by atoms with Gasteiger partial charge in [0.2, 0.25) is 0 Å². The number of aliphatic hydroxyl groups is 1. The van der Waals surface area contributed by atoms with Gasteiger partial charge < -0.3 is 10.0 Å². The Morgan fingerprint density at radius 1 is 1.05 bits per heavy atom. The van der Waals surface area contributed by atoms with Crippen LogP contribution in [0.2, 0.25) is 0 Å². The number of nitrogens with zero attached hydrogens (tertiary/aromatic N) is 1. The van der Waals surface area contributed by atoms with Gasteiger partial charge in [-0.2, -0.15) is 0 Å². The van der Waals surface area contributed by atoms with Crippen molar-refractivity contribution in [2.45, 2.75) is 24.4 Å². The van der Waals surface area contributed by atoms with E-state index >= 15 is 0 Å². The number of para-hydroxylation sites is 1. The van der Waals surface area contributed by atoms with Crippen molar-refractivity contribution in [2.24, 2.45) is 0 Å². The molecule has 20 heavy (non-hydrogen) atoms. The largest absolute Gasteiger partial charge is 0.387 e. The van der Waals surface area contributed by atoms with Gasteiger partial charge in [0.15, 0.2) is 0 Å². The van der Waals surface area contributed by atoms with E-state index in [0.29, 0.717) is 0 Å². The lowest BCUT2D eigenvalue weighted by molar-refractivity contribution is -0.000929. The molecule has 1 N–H and O–H groups in total. The van der Waals surface area contributed by atoms with Gasteiger partial charge in [-0.1, -0.05) is 48.5 Å². The Labute approximate surface area is 119 Å². The molecule has 3 aliphatic heterocycles. The fraction of sp³-hybridized carbons (Fsp3) is 0.333. The number of hydrogen-bond donors (Lipinski definition) is 1. The molecule has 5 rings (SSSR count). The molecule has 2 heteroatoms. The Bertz CT molecular complexity index is 624. The Balaban J connectivity index is 1.72. The minimum Gasteiger partial charge on any atom is -0.387 e. The normalized spacial score (nSPS) is 27.4. The van der Waals surface area contributed by atoms with Crippen molar-refractivity contribution in [3.8, 4) is 0 Å². The molecule has 2 nitrogen and oxygen atoms in total. The average Bonchev–Trinajstić information content (AvgIpc) is 2.48. The van der Waals surface area contributed by atoms with Gasteiger partial charge >= 0.3 is 0 Å². The summed E-state index contributed by atoms with van der Waals surface area (Å²) in [5.41, 5.74) is 3.24. The molecule has 3 aliphatic rings. The van der Waals surface area contributed by atoms with Crippen LogP contribution in [0.1, 0.15) is 23.5 Å². The van der Waals surface area contributed by atoms with Gasteiger partial charge in [-0.05, 0) is 23.6 Å². The number of hydrogen-bond acceptors (Lipinski definition) is 2. The number of fused-ring (bicyclic) bond motifs is 2. The van der Waals surface area contributed by atoms with E-state index in [0.717, 1.165) is 25.9 Å². The second-order valence-electron chi connectivity index (χ2n) is 6.09. The molecule has 0 radical (unpaired) electrons. The van der Waals surface area contributed by atoms with E-state index in [-0.39, 0.29) is 5.92 Å². The fourth-order valence-corrected chi connectivity index (χ4v) is 3.92. The van der Waals surface area contributed by atoms with Crippen LogP contribution in [0.3, 0.4) is 0 Å². The van der Waals surface area contributed by atoms with Gasteiger partial charge in [-0.3, -0.25) is 0 Å². The van der Waals surface area contributed by atoms with Crippen molar-refractivity contribution in [1.29, 1.82) is 0 Å². The number of anilines is 1. The van der Waals surface area contributed by atoms with E-state index in [9.17, 15) is 5.11 Å². The number of rotatable bonds is 2. The highest BCUT2D eigenvalue weighted by Gasteiger charge is 2.47. The van der Waals surface area contributed by atoms with E-state index < -0.39 is 5.60 Å². The first-order valence-electron chi connectivity index (χ1n) is 7.36. The predicted octanol–water partition coefficient (Wildman–Crippen LogP) is 2.97. The second kappa shape index (κ2) is 4.35. The molecule has 0 aliphatic carbocycles. The zero-order chi connectivity index (χ0) is 13.6. The molecule has 0 aromatic heterocycles. The Kier molecular flexibility index (Phi) is 2.61. The van der Waals surface area contributed by atoms with E-state index in [2.05, 4.69) is 41.3 Å². The second-order valence-corrected chi connectivity index (χ2v) is 6.09. The first kappa shape index (κ1) is 12.0. The summed E-state index contributed by atoms with van der Waals surface area (Å²) in [6, 6.07) is 18.9. The quantitative estimate of drug-likeness (QED) is 0.902. The zero-order valence-corrected chi connectivity index (χ0v) is 11.5. The molecule has 2 unspecified atom stereocenters. The van der Waals surface area contributed by atoms with E-state index in [4.69, 9.17) is 0 Å². The fourth-order valence-electron chi connectivity index (χ4n) is 3.92. The van der Waals surface area contributed by atoms with Crippen molar-refractivity contribution in [3.63, 3.8) is 0 Å². The molecule has 0 amide bonds. The maximum absolute atomic E-state index is 11.2. The summed E-state index contributed by atoms with van der Waals surface area (Å²) in [6.45, 7) is 1.82. The summed E-state index contributed by atoms with van der Waals surface area (Å²) < 4.78 is 0. The van der Waals surface area contributed by atoms with Gasteiger partial charge in [-0.15, -0.1) is 0 Å².